The van der Waals surface area contributed by atoms with E-state index in [0.717, 1.165) is 0 Å². The maximum absolute atomic E-state index is 13.8. The fourth-order valence-electron chi connectivity index (χ4n) is 6.20. The van der Waals surface area contributed by atoms with Crippen molar-refractivity contribution in [1.29, 1.82) is 0 Å². The molecule has 4 rings (SSSR count). The summed E-state index contributed by atoms with van der Waals surface area (Å²) in [5.41, 5.74) is 8.69. The summed E-state index contributed by atoms with van der Waals surface area (Å²) < 4.78 is 0. The standard InChI is InChI=1S/C24H35N3O2/c1-5-27-22-16-11-10-15(12-16)19(22)18-9-7-6-8-17(18)14(4)21(24(27)29)26-23(28)20(25)13(2)3/h6-9,13-16,19-22H,5,10-12,25H2,1-4H3,(H,26,28)/t14?,15?,16?,19?,20-,21+,22?/m0/s1. The van der Waals surface area contributed by atoms with E-state index >= 15 is 0 Å². The Morgan fingerprint density at radius 3 is 2.52 bits per heavy atom. The zero-order valence-corrected chi connectivity index (χ0v) is 18.1. The SMILES string of the molecule is CCN1C(=O)[C@H](NC(=O)[C@@H](N)C(C)C)C(C)c2ccccc2C2C3CCC(C3)C21. The van der Waals surface area contributed by atoms with Gasteiger partial charge in [-0.25, -0.2) is 0 Å². The van der Waals surface area contributed by atoms with E-state index in [2.05, 4.69) is 48.3 Å². The Morgan fingerprint density at radius 2 is 1.86 bits per heavy atom. The highest BCUT2D eigenvalue weighted by molar-refractivity contribution is 5.91. The quantitative estimate of drug-likeness (QED) is 0.820. The highest BCUT2D eigenvalue weighted by Gasteiger charge is 2.54. The molecule has 158 valence electrons. The molecule has 5 nitrogen and oxygen atoms in total. The Morgan fingerprint density at radius 1 is 1.21 bits per heavy atom. The molecule has 2 aliphatic carbocycles. The molecule has 1 aromatic carbocycles. The van der Waals surface area contributed by atoms with E-state index < -0.39 is 12.1 Å². The zero-order chi connectivity index (χ0) is 20.9. The Bertz CT molecular complexity index is 792. The second kappa shape index (κ2) is 7.75. The van der Waals surface area contributed by atoms with Crippen molar-refractivity contribution in [2.24, 2.45) is 23.5 Å². The van der Waals surface area contributed by atoms with Crippen LogP contribution in [0.15, 0.2) is 24.3 Å². The predicted molar refractivity (Wildman–Crippen MR) is 114 cm³/mol. The van der Waals surface area contributed by atoms with Crippen LogP contribution in [0.2, 0.25) is 0 Å². The molecule has 0 radical (unpaired) electrons. The van der Waals surface area contributed by atoms with Gasteiger partial charge in [0, 0.05) is 24.4 Å². The van der Waals surface area contributed by atoms with Gasteiger partial charge in [0.05, 0.1) is 6.04 Å². The second-order valence-corrected chi connectivity index (χ2v) is 9.65. The molecule has 1 aromatic rings. The van der Waals surface area contributed by atoms with Crippen molar-refractivity contribution in [2.75, 3.05) is 6.54 Å². The number of carbonyl (C=O) groups is 2. The number of rotatable bonds is 4. The van der Waals surface area contributed by atoms with Crippen LogP contribution in [0.3, 0.4) is 0 Å². The van der Waals surface area contributed by atoms with Crippen LogP contribution < -0.4 is 11.1 Å². The summed E-state index contributed by atoms with van der Waals surface area (Å²) in [4.78, 5) is 28.6. The first-order chi connectivity index (χ1) is 13.8. The number of hydrogen-bond acceptors (Lipinski definition) is 3. The van der Waals surface area contributed by atoms with Crippen LogP contribution in [0, 0.1) is 17.8 Å². The van der Waals surface area contributed by atoms with Gasteiger partial charge in [0.2, 0.25) is 11.8 Å². The van der Waals surface area contributed by atoms with Crippen LogP contribution >= 0.6 is 0 Å². The molecule has 2 fully saturated rings. The molecule has 1 heterocycles. The van der Waals surface area contributed by atoms with E-state index in [-0.39, 0.29) is 29.7 Å². The van der Waals surface area contributed by atoms with E-state index in [1.807, 2.05) is 13.8 Å². The first-order valence-electron chi connectivity index (χ1n) is 11.3. The fraction of sp³-hybridized carbons (Fsp3) is 0.667. The average molecular weight is 398 g/mol. The topological polar surface area (TPSA) is 75.4 Å². The van der Waals surface area contributed by atoms with Gasteiger partial charge in [-0.15, -0.1) is 0 Å². The number of benzene rings is 1. The van der Waals surface area contributed by atoms with Crippen LogP contribution in [0.1, 0.15) is 69.9 Å². The lowest BCUT2D eigenvalue weighted by Crippen LogP contribution is -2.59. The fourth-order valence-corrected chi connectivity index (χ4v) is 6.20. The van der Waals surface area contributed by atoms with E-state index in [0.29, 0.717) is 24.3 Å². The summed E-state index contributed by atoms with van der Waals surface area (Å²) in [5.74, 6) is 1.43. The van der Waals surface area contributed by atoms with Crippen LogP contribution in [-0.2, 0) is 9.59 Å². The lowest BCUT2D eigenvalue weighted by Gasteiger charge is -2.45. The molecular weight excluding hydrogens is 362 g/mol. The van der Waals surface area contributed by atoms with E-state index in [1.165, 1.54) is 30.4 Å². The van der Waals surface area contributed by atoms with Crippen LogP contribution in [0.4, 0.5) is 0 Å². The molecule has 1 aliphatic heterocycles. The molecule has 29 heavy (non-hydrogen) atoms. The summed E-state index contributed by atoms with van der Waals surface area (Å²) in [7, 11) is 0. The van der Waals surface area contributed by atoms with Crippen LogP contribution in [0.25, 0.3) is 0 Å². The zero-order valence-electron chi connectivity index (χ0n) is 18.1. The molecule has 3 aliphatic rings. The largest absolute Gasteiger partial charge is 0.342 e. The molecule has 0 spiro atoms. The molecule has 3 N–H and O–H groups in total. The van der Waals surface area contributed by atoms with E-state index in [4.69, 9.17) is 5.73 Å². The molecule has 0 saturated heterocycles. The van der Waals surface area contributed by atoms with Gasteiger partial charge in [0.25, 0.3) is 0 Å². The Hall–Kier alpha value is -1.88. The predicted octanol–water partition coefficient (Wildman–Crippen LogP) is 3.00. The van der Waals surface area contributed by atoms with Crippen LogP contribution in [0.5, 0.6) is 0 Å². The Kier molecular flexibility index (Phi) is 5.45. The molecule has 5 heteroatoms. The number of hydrogen-bond donors (Lipinski definition) is 2. The third kappa shape index (κ3) is 3.27. The molecule has 7 atom stereocenters. The summed E-state index contributed by atoms with van der Waals surface area (Å²) in [5, 5.41) is 3.04. The van der Waals surface area contributed by atoms with Gasteiger partial charge in [0.1, 0.15) is 6.04 Å². The van der Waals surface area contributed by atoms with Gasteiger partial charge in [0.15, 0.2) is 0 Å². The summed E-state index contributed by atoms with van der Waals surface area (Å²) in [6, 6.07) is 7.65. The number of carbonyl (C=O) groups excluding carboxylic acids is 2. The molecule has 2 bridgehead atoms. The van der Waals surface area contributed by atoms with Crippen molar-refractivity contribution in [3.05, 3.63) is 35.4 Å². The molecule has 2 amide bonds. The van der Waals surface area contributed by atoms with Crippen LogP contribution in [-0.4, -0.2) is 41.4 Å². The molecule has 5 unspecified atom stereocenters. The normalized spacial score (nSPS) is 34.4. The first-order valence-corrected chi connectivity index (χ1v) is 11.3. The lowest BCUT2D eigenvalue weighted by atomic mass is 9.73. The number of fused-ring (bicyclic) bond motifs is 7. The van der Waals surface area contributed by atoms with Gasteiger partial charge in [-0.2, -0.15) is 0 Å². The maximum atomic E-state index is 13.8. The van der Waals surface area contributed by atoms with E-state index in [9.17, 15) is 9.59 Å². The van der Waals surface area contributed by atoms with Gasteiger partial charge in [-0.05, 0) is 55.1 Å². The minimum Gasteiger partial charge on any atom is -0.342 e. The van der Waals surface area contributed by atoms with E-state index in [1.54, 1.807) is 0 Å². The highest BCUT2D eigenvalue weighted by Crippen LogP contribution is 2.56. The third-order valence-corrected chi connectivity index (χ3v) is 7.79. The van der Waals surface area contributed by atoms with Crippen molar-refractivity contribution >= 4 is 11.8 Å². The molecule has 2 saturated carbocycles. The van der Waals surface area contributed by atoms with Gasteiger partial charge in [-0.1, -0.05) is 45.0 Å². The smallest absolute Gasteiger partial charge is 0.246 e. The van der Waals surface area contributed by atoms with Crippen molar-refractivity contribution in [2.45, 2.75) is 76.9 Å². The van der Waals surface area contributed by atoms with Crippen molar-refractivity contribution in [1.82, 2.24) is 10.2 Å². The van der Waals surface area contributed by atoms with Gasteiger partial charge < -0.3 is 16.0 Å². The minimum atomic E-state index is -0.610. The maximum Gasteiger partial charge on any atom is 0.246 e. The number of nitrogens with one attached hydrogen (secondary N) is 1. The number of amides is 2. The average Bonchev–Trinajstić information content (AvgIpc) is 3.32. The van der Waals surface area contributed by atoms with Crippen molar-refractivity contribution in [3.8, 4) is 0 Å². The summed E-state index contributed by atoms with van der Waals surface area (Å²) in [6.07, 6.45) is 3.70. The lowest BCUT2D eigenvalue weighted by molar-refractivity contribution is -0.141. The molecular formula is C24H35N3O2. The summed E-state index contributed by atoms with van der Waals surface area (Å²) >= 11 is 0. The van der Waals surface area contributed by atoms with Gasteiger partial charge >= 0.3 is 0 Å². The summed E-state index contributed by atoms with van der Waals surface area (Å²) in [6.45, 7) is 8.69. The Labute approximate surface area is 174 Å². The van der Waals surface area contributed by atoms with Crippen molar-refractivity contribution < 1.29 is 9.59 Å². The Balaban J connectivity index is 1.77. The monoisotopic (exact) mass is 397 g/mol. The highest BCUT2D eigenvalue weighted by atomic mass is 16.2. The second-order valence-electron chi connectivity index (χ2n) is 9.65. The first kappa shape index (κ1) is 20.4. The van der Waals surface area contributed by atoms with Crippen molar-refractivity contribution in [3.63, 3.8) is 0 Å². The third-order valence-electron chi connectivity index (χ3n) is 7.79. The number of likely N-dealkylation sites (N-methyl/N-ethyl adjacent to an activating group) is 1. The number of nitrogens with two attached hydrogens (primary N) is 1. The molecule has 0 aromatic heterocycles. The minimum absolute atomic E-state index is 0.0264. The number of nitrogens with zero attached hydrogens (tertiary/aromatic N) is 1. The van der Waals surface area contributed by atoms with Gasteiger partial charge in [-0.3, -0.25) is 9.59 Å².